The van der Waals surface area contributed by atoms with E-state index in [-0.39, 0.29) is 10.7 Å². The van der Waals surface area contributed by atoms with Crippen molar-refractivity contribution in [2.24, 2.45) is 0 Å². The van der Waals surface area contributed by atoms with Gasteiger partial charge in [0.1, 0.15) is 5.57 Å². The molecule has 4 rings (SSSR count). The van der Waals surface area contributed by atoms with Gasteiger partial charge in [0.15, 0.2) is 5.11 Å². The maximum Gasteiger partial charge on any atom is 0.270 e. The van der Waals surface area contributed by atoms with Crippen LogP contribution in [0.15, 0.2) is 84.4 Å². The quantitative estimate of drug-likeness (QED) is 0.376. The van der Waals surface area contributed by atoms with Gasteiger partial charge in [-0.2, -0.15) is 0 Å². The Labute approximate surface area is 178 Å². The van der Waals surface area contributed by atoms with Gasteiger partial charge in [-0.15, -0.1) is 0 Å². The van der Waals surface area contributed by atoms with Crippen LogP contribution in [0.25, 0.3) is 17.2 Å². The van der Waals surface area contributed by atoms with Gasteiger partial charge in [-0.1, -0.05) is 60.1 Å². The minimum atomic E-state index is -0.518. The Morgan fingerprint density at radius 3 is 2.28 bits per heavy atom. The van der Waals surface area contributed by atoms with E-state index in [0.29, 0.717) is 10.7 Å². The summed E-state index contributed by atoms with van der Waals surface area (Å²) in [7, 11) is 0. The van der Waals surface area contributed by atoms with Crippen LogP contribution in [0.1, 0.15) is 5.56 Å². The molecular formula is C23H15ClN2O2S. The maximum absolute atomic E-state index is 13.1. The van der Waals surface area contributed by atoms with Crippen LogP contribution in [0, 0.1) is 0 Å². The van der Waals surface area contributed by atoms with Gasteiger partial charge in [0, 0.05) is 5.02 Å². The van der Waals surface area contributed by atoms with Crippen molar-refractivity contribution in [1.29, 1.82) is 0 Å². The number of carbonyl (C=O) groups is 2. The van der Waals surface area contributed by atoms with Crippen LogP contribution in [0.2, 0.25) is 5.02 Å². The van der Waals surface area contributed by atoms with E-state index >= 15 is 0 Å². The lowest BCUT2D eigenvalue weighted by Gasteiger charge is -2.29. The molecule has 4 nitrogen and oxygen atoms in total. The zero-order chi connectivity index (χ0) is 20.4. The monoisotopic (exact) mass is 418 g/mol. The smallest absolute Gasteiger partial charge is 0.270 e. The van der Waals surface area contributed by atoms with Gasteiger partial charge in [0.05, 0.1) is 5.69 Å². The summed E-state index contributed by atoms with van der Waals surface area (Å²) in [5, 5.41) is 3.17. The van der Waals surface area contributed by atoms with Crippen LogP contribution < -0.4 is 10.2 Å². The Bertz CT molecular complexity index is 1140. The van der Waals surface area contributed by atoms with Gasteiger partial charge in [0.25, 0.3) is 11.8 Å². The second kappa shape index (κ2) is 7.99. The van der Waals surface area contributed by atoms with Crippen LogP contribution in [0.4, 0.5) is 5.69 Å². The van der Waals surface area contributed by atoms with Crippen molar-refractivity contribution in [2.75, 3.05) is 4.90 Å². The van der Waals surface area contributed by atoms with Crippen molar-refractivity contribution in [1.82, 2.24) is 5.32 Å². The van der Waals surface area contributed by atoms with Crippen molar-refractivity contribution < 1.29 is 9.59 Å². The number of rotatable bonds is 3. The number of nitrogens with one attached hydrogen (secondary N) is 1. The highest BCUT2D eigenvalue weighted by Gasteiger charge is 2.34. The molecule has 0 unspecified atom stereocenters. The molecule has 29 heavy (non-hydrogen) atoms. The maximum atomic E-state index is 13.1. The van der Waals surface area contributed by atoms with E-state index in [4.69, 9.17) is 23.8 Å². The van der Waals surface area contributed by atoms with Gasteiger partial charge >= 0.3 is 0 Å². The minimum Gasteiger partial charge on any atom is -0.298 e. The molecule has 1 fully saturated rings. The summed E-state index contributed by atoms with van der Waals surface area (Å²) in [6, 6.07) is 24.2. The third-order valence-electron chi connectivity index (χ3n) is 4.49. The standard InChI is InChI=1S/C23H15ClN2O2S/c24-18-9-11-19(12-10-18)26-22(28)20(21(27)25-23(26)29)14-15-5-4-8-17(13-15)16-6-2-1-3-7-16/h1-14H,(H,25,27,29). The predicted octanol–water partition coefficient (Wildman–Crippen LogP) is 4.84. The van der Waals surface area contributed by atoms with Crippen molar-refractivity contribution in [3.63, 3.8) is 0 Å². The molecule has 1 aliphatic rings. The summed E-state index contributed by atoms with van der Waals surface area (Å²) in [6.07, 6.45) is 1.58. The molecule has 3 aromatic rings. The fourth-order valence-corrected chi connectivity index (χ4v) is 3.49. The highest BCUT2D eigenvalue weighted by atomic mass is 35.5. The second-order valence-corrected chi connectivity index (χ2v) is 7.25. The molecule has 0 spiro atoms. The molecule has 6 heteroatoms. The SMILES string of the molecule is O=C1NC(=S)N(c2ccc(Cl)cc2)C(=O)C1=Cc1cccc(-c2ccccc2)c1. The number of anilines is 1. The Morgan fingerprint density at radius 2 is 1.55 bits per heavy atom. The molecule has 1 saturated heterocycles. The number of amides is 2. The minimum absolute atomic E-state index is 0.0127. The van der Waals surface area contributed by atoms with Crippen LogP contribution in [-0.2, 0) is 9.59 Å². The van der Waals surface area contributed by atoms with Crippen LogP contribution in [0.3, 0.4) is 0 Å². The number of carbonyl (C=O) groups excluding carboxylic acids is 2. The first-order valence-electron chi connectivity index (χ1n) is 8.85. The van der Waals surface area contributed by atoms with Crippen LogP contribution >= 0.6 is 23.8 Å². The molecule has 1 N–H and O–H groups in total. The number of thiocarbonyl (C=S) groups is 1. The second-order valence-electron chi connectivity index (χ2n) is 6.43. The molecule has 1 aliphatic heterocycles. The van der Waals surface area contributed by atoms with Crippen LogP contribution in [-0.4, -0.2) is 16.9 Å². The number of nitrogens with zero attached hydrogens (tertiary/aromatic N) is 1. The number of hydrogen-bond donors (Lipinski definition) is 1. The van der Waals surface area contributed by atoms with E-state index < -0.39 is 11.8 Å². The molecule has 0 aliphatic carbocycles. The lowest BCUT2D eigenvalue weighted by molar-refractivity contribution is -0.122. The Kier molecular flexibility index (Phi) is 5.25. The van der Waals surface area contributed by atoms with Crippen molar-refractivity contribution in [3.8, 4) is 11.1 Å². The lowest BCUT2D eigenvalue weighted by atomic mass is 10.0. The molecule has 0 aromatic heterocycles. The van der Waals surface area contributed by atoms with E-state index in [2.05, 4.69) is 5.32 Å². The molecule has 0 radical (unpaired) electrons. The average molecular weight is 419 g/mol. The average Bonchev–Trinajstić information content (AvgIpc) is 2.73. The van der Waals surface area contributed by atoms with Gasteiger partial charge < -0.3 is 0 Å². The number of halogens is 1. The largest absolute Gasteiger partial charge is 0.298 e. The molecule has 3 aromatic carbocycles. The summed E-state index contributed by atoms with van der Waals surface area (Å²) >= 11 is 11.1. The van der Waals surface area contributed by atoms with Gasteiger partial charge in [-0.05, 0) is 65.3 Å². The first-order chi connectivity index (χ1) is 14.0. The van der Waals surface area contributed by atoms with Crippen LogP contribution in [0.5, 0.6) is 0 Å². The fourth-order valence-electron chi connectivity index (χ4n) is 3.09. The Hall–Kier alpha value is -3.28. The van der Waals surface area contributed by atoms with Crippen molar-refractivity contribution in [2.45, 2.75) is 0 Å². The normalized spacial score (nSPS) is 15.6. The highest BCUT2D eigenvalue weighted by Crippen LogP contribution is 2.25. The molecule has 2 amide bonds. The van der Waals surface area contributed by atoms with E-state index in [1.165, 1.54) is 4.90 Å². The fraction of sp³-hybridized carbons (Fsp3) is 0. The summed E-state index contributed by atoms with van der Waals surface area (Å²) < 4.78 is 0. The first kappa shape index (κ1) is 19.1. The molecule has 142 valence electrons. The molecule has 0 atom stereocenters. The summed E-state index contributed by atoms with van der Waals surface area (Å²) in [5.41, 5.74) is 3.34. The summed E-state index contributed by atoms with van der Waals surface area (Å²) in [5.74, 6) is -0.999. The topological polar surface area (TPSA) is 49.4 Å². The lowest BCUT2D eigenvalue weighted by Crippen LogP contribution is -2.54. The highest BCUT2D eigenvalue weighted by molar-refractivity contribution is 7.80. The summed E-state index contributed by atoms with van der Waals surface area (Å²) in [4.78, 5) is 26.8. The first-order valence-corrected chi connectivity index (χ1v) is 9.64. The predicted molar refractivity (Wildman–Crippen MR) is 120 cm³/mol. The third kappa shape index (κ3) is 3.97. The Morgan fingerprint density at radius 1 is 0.862 bits per heavy atom. The zero-order valence-electron chi connectivity index (χ0n) is 15.1. The van der Waals surface area contributed by atoms with Gasteiger partial charge in [-0.3, -0.25) is 19.8 Å². The van der Waals surface area contributed by atoms with Crippen molar-refractivity contribution >= 4 is 52.5 Å². The molecule has 0 saturated carbocycles. The van der Waals surface area contributed by atoms with Gasteiger partial charge in [-0.25, -0.2) is 0 Å². The summed E-state index contributed by atoms with van der Waals surface area (Å²) in [6.45, 7) is 0. The molecule has 0 bridgehead atoms. The van der Waals surface area contributed by atoms with E-state index in [0.717, 1.165) is 16.7 Å². The number of hydrogen-bond acceptors (Lipinski definition) is 3. The van der Waals surface area contributed by atoms with E-state index in [9.17, 15) is 9.59 Å². The zero-order valence-corrected chi connectivity index (χ0v) is 16.7. The van der Waals surface area contributed by atoms with E-state index in [1.807, 2.05) is 54.6 Å². The third-order valence-corrected chi connectivity index (χ3v) is 5.03. The Balaban J connectivity index is 1.71. The van der Waals surface area contributed by atoms with Gasteiger partial charge in [0.2, 0.25) is 0 Å². The molecule has 1 heterocycles. The van der Waals surface area contributed by atoms with Crippen molar-refractivity contribution in [3.05, 3.63) is 95.0 Å². The van der Waals surface area contributed by atoms with E-state index in [1.54, 1.807) is 30.3 Å². The number of benzene rings is 3. The molecular weight excluding hydrogens is 404 g/mol.